The molecular formula is C50H57ClN2O9. The van der Waals surface area contributed by atoms with E-state index in [2.05, 4.69) is 12.7 Å². The average Bonchev–Trinajstić information content (AvgIpc) is 3.30. The van der Waals surface area contributed by atoms with Gasteiger partial charge in [-0.05, 0) is 96.7 Å². The number of nitrogens with zero attached hydrogens (tertiary/aromatic N) is 2. The van der Waals surface area contributed by atoms with Gasteiger partial charge in [-0.1, -0.05) is 84.7 Å². The molecule has 1 saturated carbocycles. The van der Waals surface area contributed by atoms with Crippen molar-refractivity contribution in [2.75, 3.05) is 38.9 Å². The maximum atomic E-state index is 14.7. The molecule has 1 fully saturated rings. The molecule has 6 unspecified atom stereocenters. The molecule has 0 saturated heterocycles. The number of unbranched alkanes of at least 4 members (excludes halogenated alkanes) is 2. The first-order valence-electron chi connectivity index (χ1n) is 21.8. The molecule has 328 valence electrons. The van der Waals surface area contributed by atoms with Gasteiger partial charge in [-0.15, -0.1) is 18.2 Å². The minimum atomic E-state index is -1.49. The number of fused-ring (bicyclic) bond motifs is 3. The van der Waals surface area contributed by atoms with Crippen molar-refractivity contribution >= 4 is 40.5 Å². The van der Waals surface area contributed by atoms with Gasteiger partial charge in [-0.3, -0.25) is 9.69 Å². The average molecular weight is 865 g/mol. The molecule has 7 rings (SSSR count). The van der Waals surface area contributed by atoms with Gasteiger partial charge in [0.05, 0.1) is 30.7 Å². The zero-order valence-corrected chi connectivity index (χ0v) is 36.1. The van der Waals surface area contributed by atoms with Crippen LogP contribution in [0.15, 0.2) is 114 Å². The van der Waals surface area contributed by atoms with Gasteiger partial charge in [0.1, 0.15) is 42.8 Å². The predicted octanol–water partition coefficient (Wildman–Crippen LogP) is 9.98. The van der Waals surface area contributed by atoms with Crippen LogP contribution in [0.25, 0.3) is 10.8 Å². The number of rotatable bonds is 21. The Morgan fingerprint density at radius 2 is 1.76 bits per heavy atom. The summed E-state index contributed by atoms with van der Waals surface area (Å²) in [5, 5.41) is 26.7. The lowest BCUT2D eigenvalue weighted by atomic mass is 9.55. The molecule has 1 heterocycles. The molecule has 3 aliphatic rings. The van der Waals surface area contributed by atoms with Gasteiger partial charge < -0.3 is 34.0 Å². The fourth-order valence-corrected chi connectivity index (χ4v) is 9.84. The van der Waals surface area contributed by atoms with Crippen molar-refractivity contribution in [2.45, 2.75) is 76.2 Å². The lowest BCUT2D eigenvalue weighted by molar-refractivity contribution is -0.256. The molecule has 4 aromatic rings. The molecule has 11 nitrogen and oxygen atoms in total. The van der Waals surface area contributed by atoms with Gasteiger partial charge in [0.15, 0.2) is 0 Å². The van der Waals surface area contributed by atoms with Gasteiger partial charge in [0, 0.05) is 36.7 Å². The van der Waals surface area contributed by atoms with Crippen LogP contribution in [-0.4, -0.2) is 83.9 Å². The molecular weight excluding hydrogens is 808 g/mol. The number of amides is 1. The number of aliphatic hydroxyl groups excluding tert-OH is 2. The van der Waals surface area contributed by atoms with E-state index in [9.17, 15) is 19.8 Å². The van der Waals surface area contributed by atoms with E-state index in [0.29, 0.717) is 48.0 Å². The van der Waals surface area contributed by atoms with Crippen LogP contribution in [0.1, 0.15) is 79.3 Å². The summed E-state index contributed by atoms with van der Waals surface area (Å²) < 4.78 is 26.8. The van der Waals surface area contributed by atoms with E-state index in [1.807, 2.05) is 73.7 Å². The minimum Gasteiger partial charge on any atom is -0.459 e. The van der Waals surface area contributed by atoms with Crippen molar-refractivity contribution in [2.24, 2.45) is 22.9 Å². The molecule has 62 heavy (non-hydrogen) atoms. The second-order valence-electron chi connectivity index (χ2n) is 16.1. The van der Waals surface area contributed by atoms with Crippen molar-refractivity contribution < 1.29 is 43.6 Å². The minimum absolute atomic E-state index is 0.00142. The number of halogens is 1. The first-order valence-corrected chi connectivity index (χ1v) is 22.3. The number of hydrogen-bond donors (Lipinski definition) is 2. The van der Waals surface area contributed by atoms with E-state index in [-0.39, 0.29) is 63.0 Å². The molecule has 0 spiro atoms. The Morgan fingerprint density at radius 3 is 2.53 bits per heavy atom. The Balaban J connectivity index is 1.46. The Hall–Kier alpha value is -5.20. The molecule has 1 aliphatic heterocycles. The van der Waals surface area contributed by atoms with Gasteiger partial charge >= 0.3 is 6.09 Å². The Bertz CT molecular complexity index is 2240. The van der Waals surface area contributed by atoms with Crippen molar-refractivity contribution in [1.82, 2.24) is 4.90 Å². The van der Waals surface area contributed by atoms with Crippen LogP contribution in [0, 0.1) is 17.8 Å². The molecule has 0 radical (unpaired) electrons. The number of allylic oxidation sites excluding steroid dienone is 1. The molecule has 1 amide bonds. The van der Waals surface area contributed by atoms with Crippen molar-refractivity contribution in [3.05, 3.63) is 126 Å². The first kappa shape index (κ1) is 44.8. The molecule has 4 aromatic carbocycles. The number of aliphatic hydroxyl groups is 2. The summed E-state index contributed by atoms with van der Waals surface area (Å²) in [5.74, 6) is -0.424. The van der Waals surface area contributed by atoms with E-state index in [1.54, 1.807) is 29.2 Å². The van der Waals surface area contributed by atoms with E-state index in [4.69, 9.17) is 40.5 Å². The zero-order valence-electron chi connectivity index (χ0n) is 35.3. The third-order valence-electron chi connectivity index (χ3n) is 12.3. The van der Waals surface area contributed by atoms with Crippen molar-refractivity contribution in [1.29, 1.82) is 0 Å². The summed E-state index contributed by atoms with van der Waals surface area (Å²) >= 11 is 6.13. The maximum absolute atomic E-state index is 14.7. The second-order valence-corrected chi connectivity index (χ2v) is 16.4. The molecule has 12 heteroatoms. The first-order chi connectivity index (χ1) is 30.4. The number of alkyl halides is 1. The van der Waals surface area contributed by atoms with Gasteiger partial charge in [-0.2, -0.15) is 0 Å². The fourth-order valence-electron chi connectivity index (χ4n) is 9.77. The summed E-state index contributed by atoms with van der Waals surface area (Å²) in [6.45, 7) is 6.70. The van der Waals surface area contributed by atoms with E-state index >= 15 is 0 Å². The Labute approximate surface area is 368 Å². The topological polar surface area (TPSA) is 136 Å². The highest BCUT2D eigenvalue weighted by Crippen LogP contribution is 2.62. The van der Waals surface area contributed by atoms with Gasteiger partial charge in [0.25, 0.3) is 0 Å². The molecule has 6 atom stereocenters. The van der Waals surface area contributed by atoms with Crippen LogP contribution in [-0.2, 0) is 20.9 Å². The quantitative estimate of drug-likeness (QED) is 0.0276. The highest BCUT2D eigenvalue weighted by molar-refractivity contribution is 6.18. The SMILES string of the molecule is C=CCOC12Oc3ccc(Oc4cccc(C=O)c4)cc3C3C(CCCCO)C(CCCCO)C=C(C(=NOCC)CC1N(Cc1cccc4ccccc14)C(=O)OCCCl)C32. The number of benzene rings is 4. The van der Waals surface area contributed by atoms with Crippen LogP contribution in [0.2, 0.25) is 0 Å². The van der Waals surface area contributed by atoms with Gasteiger partial charge in [-0.25, -0.2) is 4.79 Å². The Morgan fingerprint density at radius 1 is 0.984 bits per heavy atom. The lowest BCUT2D eigenvalue weighted by Crippen LogP contribution is -2.70. The molecule has 2 aliphatic carbocycles. The number of hydrogen-bond acceptors (Lipinski definition) is 10. The zero-order chi connectivity index (χ0) is 43.5. The van der Waals surface area contributed by atoms with Crippen LogP contribution in [0.5, 0.6) is 17.2 Å². The smallest absolute Gasteiger partial charge is 0.410 e. The fraction of sp³-hybridized carbons (Fsp3) is 0.420. The number of carbonyl (C=O) groups is 2. The van der Waals surface area contributed by atoms with E-state index in [0.717, 1.165) is 59.4 Å². The third-order valence-corrected chi connectivity index (χ3v) is 12.5. The second kappa shape index (κ2) is 21.3. The van der Waals surface area contributed by atoms with Crippen LogP contribution >= 0.6 is 11.6 Å². The monoisotopic (exact) mass is 864 g/mol. The van der Waals surface area contributed by atoms with Gasteiger partial charge in [0.2, 0.25) is 5.79 Å². The number of ether oxygens (including phenoxy) is 4. The van der Waals surface area contributed by atoms with Crippen LogP contribution in [0.3, 0.4) is 0 Å². The highest BCUT2D eigenvalue weighted by atomic mass is 35.5. The van der Waals surface area contributed by atoms with Crippen LogP contribution in [0.4, 0.5) is 4.79 Å². The summed E-state index contributed by atoms with van der Waals surface area (Å²) in [7, 11) is 0. The standard InChI is InChI=1S/C50H57ClN2O9/c1-3-26-59-50-46(53(49(57)58-27-23-51)32-37-17-12-16-35-14-5-6-19-40(35)37)31-44(52-60-4-2)42-29-36(15-7-9-24-54)41(20-8-10-25-55)47(48(42)50)43-30-39(21-22-45(43)62-50)61-38-18-11-13-34(28-38)33-56/h3,5-6,11-14,16-19,21-22,28-30,33,36,41,46-48,54-55H,1,4,7-10,15,20,23-27,31-32H2,2H3. The largest absolute Gasteiger partial charge is 0.459 e. The summed E-state index contributed by atoms with van der Waals surface area (Å²) in [4.78, 5) is 34.0. The lowest BCUT2D eigenvalue weighted by Gasteiger charge is -2.59. The normalized spacial score (nSPS) is 23.1. The summed E-state index contributed by atoms with van der Waals surface area (Å²) in [5.41, 5.74) is 3.93. The van der Waals surface area contributed by atoms with Crippen LogP contribution < -0.4 is 9.47 Å². The third kappa shape index (κ3) is 9.56. The molecule has 0 bridgehead atoms. The summed E-state index contributed by atoms with van der Waals surface area (Å²) in [6, 6.07) is 26.1. The predicted molar refractivity (Wildman–Crippen MR) is 240 cm³/mol. The molecule has 0 aromatic heterocycles. The van der Waals surface area contributed by atoms with E-state index < -0.39 is 23.8 Å². The maximum Gasteiger partial charge on any atom is 0.410 e. The number of carbonyl (C=O) groups excluding carboxylic acids is 2. The highest BCUT2D eigenvalue weighted by Gasteiger charge is 2.65. The summed E-state index contributed by atoms with van der Waals surface area (Å²) in [6.07, 6.45) is 8.90. The Kier molecular flexibility index (Phi) is 15.4. The number of oxime groups is 1. The number of aldehydes is 1. The van der Waals surface area contributed by atoms with Crippen molar-refractivity contribution in [3.63, 3.8) is 0 Å². The van der Waals surface area contributed by atoms with Crippen molar-refractivity contribution in [3.8, 4) is 17.2 Å². The molecule has 2 N–H and O–H groups in total. The van der Waals surface area contributed by atoms with E-state index in [1.165, 1.54) is 0 Å².